The number of aryl methyl sites for hydroxylation is 1. The standard InChI is InChI=1S/C21H21N5O3S/c1-14-7-9-16(10-8-14)22-12-19(28)26-25-18(27)11-17-13-30-21(23-17)24-20(29)15-5-3-2-4-6-15/h2-10,13,22H,11-12H2,1H3,(H,25,27)(H,26,28)(H,23,24,29). The second kappa shape index (κ2) is 10.2. The molecule has 3 amide bonds. The van der Waals surface area contributed by atoms with Gasteiger partial charge in [0.1, 0.15) is 0 Å². The third-order valence-electron chi connectivity index (χ3n) is 4.00. The average molecular weight is 423 g/mol. The molecule has 0 spiro atoms. The minimum absolute atomic E-state index is 0.0235. The molecule has 0 aliphatic rings. The molecule has 2 aromatic carbocycles. The third-order valence-corrected chi connectivity index (χ3v) is 4.80. The van der Waals surface area contributed by atoms with Gasteiger partial charge < -0.3 is 5.32 Å². The molecular formula is C21H21N5O3S. The molecule has 9 heteroatoms. The van der Waals surface area contributed by atoms with Crippen LogP contribution in [0, 0.1) is 6.92 Å². The first-order valence-corrected chi connectivity index (χ1v) is 10.1. The van der Waals surface area contributed by atoms with Crippen molar-refractivity contribution in [3.05, 3.63) is 76.8 Å². The molecule has 0 radical (unpaired) electrons. The van der Waals surface area contributed by atoms with Crippen molar-refractivity contribution >= 4 is 39.9 Å². The lowest BCUT2D eigenvalue weighted by Gasteiger charge is -2.09. The van der Waals surface area contributed by atoms with Crippen LogP contribution in [-0.4, -0.2) is 29.3 Å². The number of hydrogen-bond donors (Lipinski definition) is 4. The van der Waals surface area contributed by atoms with Gasteiger partial charge in [0.25, 0.3) is 11.8 Å². The zero-order chi connectivity index (χ0) is 21.3. The van der Waals surface area contributed by atoms with E-state index in [0.29, 0.717) is 16.4 Å². The van der Waals surface area contributed by atoms with E-state index in [4.69, 9.17) is 0 Å². The molecule has 0 aliphatic heterocycles. The fraction of sp³-hybridized carbons (Fsp3) is 0.143. The lowest BCUT2D eigenvalue weighted by atomic mass is 10.2. The number of anilines is 2. The molecular weight excluding hydrogens is 402 g/mol. The molecule has 0 unspecified atom stereocenters. The van der Waals surface area contributed by atoms with Crippen LogP contribution in [0.5, 0.6) is 0 Å². The second-order valence-electron chi connectivity index (χ2n) is 6.46. The van der Waals surface area contributed by atoms with Gasteiger partial charge in [-0.3, -0.25) is 30.6 Å². The summed E-state index contributed by atoms with van der Waals surface area (Å²) < 4.78 is 0. The maximum atomic E-state index is 12.1. The Bertz CT molecular complexity index is 1020. The number of aromatic nitrogens is 1. The molecule has 154 valence electrons. The molecule has 0 bridgehead atoms. The summed E-state index contributed by atoms with van der Waals surface area (Å²) in [4.78, 5) is 40.2. The predicted octanol–water partition coefficient (Wildman–Crippen LogP) is 2.51. The summed E-state index contributed by atoms with van der Waals surface area (Å²) in [6, 6.07) is 16.4. The molecule has 8 nitrogen and oxygen atoms in total. The highest BCUT2D eigenvalue weighted by Gasteiger charge is 2.11. The monoisotopic (exact) mass is 423 g/mol. The average Bonchev–Trinajstić information content (AvgIpc) is 3.19. The van der Waals surface area contributed by atoms with E-state index in [9.17, 15) is 14.4 Å². The van der Waals surface area contributed by atoms with Crippen LogP contribution in [0.15, 0.2) is 60.0 Å². The molecule has 0 aliphatic carbocycles. The summed E-state index contributed by atoms with van der Waals surface area (Å²) in [5.41, 5.74) is 7.66. The summed E-state index contributed by atoms with van der Waals surface area (Å²) in [6.45, 7) is 2.00. The molecule has 0 saturated carbocycles. The number of nitrogens with zero attached hydrogens (tertiary/aromatic N) is 1. The fourth-order valence-electron chi connectivity index (χ4n) is 2.45. The van der Waals surface area contributed by atoms with E-state index in [1.54, 1.807) is 29.6 Å². The highest BCUT2D eigenvalue weighted by atomic mass is 32.1. The number of benzene rings is 2. The number of hydrogen-bond acceptors (Lipinski definition) is 6. The van der Waals surface area contributed by atoms with Gasteiger partial charge in [-0.2, -0.15) is 0 Å². The van der Waals surface area contributed by atoms with Gasteiger partial charge in [-0.1, -0.05) is 35.9 Å². The molecule has 0 atom stereocenters. The lowest BCUT2D eigenvalue weighted by Crippen LogP contribution is -2.44. The van der Waals surface area contributed by atoms with Crippen molar-refractivity contribution in [1.82, 2.24) is 15.8 Å². The van der Waals surface area contributed by atoms with Crippen molar-refractivity contribution in [3.8, 4) is 0 Å². The van der Waals surface area contributed by atoms with Gasteiger partial charge in [0.05, 0.1) is 18.7 Å². The number of amides is 3. The van der Waals surface area contributed by atoms with E-state index >= 15 is 0 Å². The summed E-state index contributed by atoms with van der Waals surface area (Å²) in [6.07, 6.45) is -0.0244. The molecule has 30 heavy (non-hydrogen) atoms. The quantitative estimate of drug-likeness (QED) is 0.436. The zero-order valence-electron chi connectivity index (χ0n) is 16.3. The Morgan fingerprint density at radius 2 is 1.63 bits per heavy atom. The third kappa shape index (κ3) is 6.42. The number of carbonyl (C=O) groups excluding carboxylic acids is 3. The van der Waals surface area contributed by atoms with Crippen molar-refractivity contribution in [3.63, 3.8) is 0 Å². The SMILES string of the molecule is Cc1ccc(NCC(=O)NNC(=O)Cc2csc(NC(=O)c3ccccc3)n2)cc1. The first-order chi connectivity index (χ1) is 14.5. The fourth-order valence-corrected chi connectivity index (χ4v) is 3.16. The van der Waals surface area contributed by atoms with Gasteiger partial charge in [-0.25, -0.2) is 4.98 Å². The minimum Gasteiger partial charge on any atom is -0.376 e. The van der Waals surface area contributed by atoms with Crippen LogP contribution < -0.4 is 21.5 Å². The summed E-state index contributed by atoms with van der Waals surface area (Å²) in [7, 11) is 0. The molecule has 3 rings (SSSR count). The maximum absolute atomic E-state index is 12.1. The Morgan fingerprint density at radius 1 is 0.933 bits per heavy atom. The molecule has 3 aromatic rings. The van der Waals surface area contributed by atoms with Crippen LogP contribution in [0.3, 0.4) is 0 Å². The molecule has 0 fully saturated rings. The normalized spacial score (nSPS) is 10.2. The van der Waals surface area contributed by atoms with Gasteiger partial charge in [0, 0.05) is 16.6 Å². The topological polar surface area (TPSA) is 112 Å². The Labute approximate surface area is 177 Å². The number of carbonyl (C=O) groups is 3. The van der Waals surface area contributed by atoms with Crippen LogP contribution in [0.4, 0.5) is 10.8 Å². The van der Waals surface area contributed by atoms with Gasteiger partial charge in [0.2, 0.25) is 5.91 Å². The number of hydrazine groups is 1. The summed E-state index contributed by atoms with van der Waals surface area (Å²) in [5, 5.41) is 7.74. The second-order valence-corrected chi connectivity index (χ2v) is 7.31. The number of nitrogens with one attached hydrogen (secondary N) is 4. The Balaban J connectivity index is 1.40. The summed E-state index contributed by atoms with van der Waals surface area (Å²) in [5.74, 6) is -1.06. The van der Waals surface area contributed by atoms with E-state index in [1.807, 2.05) is 37.3 Å². The smallest absolute Gasteiger partial charge is 0.257 e. The van der Waals surface area contributed by atoms with Crippen LogP contribution in [0.2, 0.25) is 0 Å². The van der Waals surface area contributed by atoms with Crippen LogP contribution in [0.1, 0.15) is 21.6 Å². The van der Waals surface area contributed by atoms with Crippen LogP contribution >= 0.6 is 11.3 Å². The molecule has 4 N–H and O–H groups in total. The van der Waals surface area contributed by atoms with E-state index in [2.05, 4.69) is 26.5 Å². The van der Waals surface area contributed by atoms with Gasteiger partial charge in [-0.15, -0.1) is 11.3 Å². The largest absolute Gasteiger partial charge is 0.376 e. The van der Waals surface area contributed by atoms with Crippen LogP contribution in [-0.2, 0) is 16.0 Å². The van der Waals surface area contributed by atoms with Crippen molar-refractivity contribution < 1.29 is 14.4 Å². The van der Waals surface area contributed by atoms with E-state index in [0.717, 1.165) is 11.3 Å². The van der Waals surface area contributed by atoms with Crippen molar-refractivity contribution in [2.75, 3.05) is 17.2 Å². The van der Waals surface area contributed by atoms with Gasteiger partial charge in [0.15, 0.2) is 5.13 Å². The van der Waals surface area contributed by atoms with E-state index in [1.165, 1.54) is 11.3 Å². The minimum atomic E-state index is -0.412. The molecule has 0 saturated heterocycles. The van der Waals surface area contributed by atoms with Crippen molar-refractivity contribution in [2.45, 2.75) is 13.3 Å². The van der Waals surface area contributed by atoms with E-state index in [-0.39, 0.29) is 24.8 Å². The highest BCUT2D eigenvalue weighted by molar-refractivity contribution is 7.14. The number of thiazole rings is 1. The lowest BCUT2D eigenvalue weighted by molar-refractivity contribution is -0.127. The Morgan fingerprint density at radius 3 is 2.37 bits per heavy atom. The maximum Gasteiger partial charge on any atom is 0.257 e. The van der Waals surface area contributed by atoms with Crippen LogP contribution in [0.25, 0.3) is 0 Å². The first kappa shape index (κ1) is 21.0. The molecule has 1 aromatic heterocycles. The van der Waals surface area contributed by atoms with Gasteiger partial charge >= 0.3 is 0 Å². The van der Waals surface area contributed by atoms with E-state index < -0.39 is 5.91 Å². The Hall–Kier alpha value is -3.72. The zero-order valence-corrected chi connectivity index (χ0v) is 17.1. The Kier molecular flexibility index (Phi) is 7.12. The predicted molar refractivity (Wildman–Crippen MR) is 116 cm³/mol. The first-order valence-electron chi connectivity index (χ1n) is 9.18. The highest BCUT2D eigenvalue weighted by Crippen LogP contribution is 2.17. The van der Waals surface area contributed by atoms with Gasteiger partial charge in [-0.05, 0) is 31.2 Å². The van der Waals surface area contributed by atoms with Crippen molar-refractivity contribution in [2.24, 2.45) is 0 Å². The van der Waals surface area contributed by atoms with Crippen molar-refractivity contribution in [1.29, 1.82) is 0 Å². The summed E-state index contributed by atoms with van der Waals surface area (Å²) >= 11 is 1.23. The number of rotatable bonds is 7. The molecule has 1 heterocycles.